The summed E-state index contributed by atoms with van der Waals surface area (Å²) >= 11 is 0. The highest BCUT2D eigenvalue weighted by molar-refractivity contribution is 5.76. The summed E-state index contributed by atoms with van der Waals surface area (Å²) < 4.78 is 0. The van der Waals surface area contributed by atoms with E-state index in [-0.39, 0.29) is 11.9 Å². The maximum Gasteiger partial charge on any atom is 0.220 e. The second-order valence-electron chi connectivity index (χ2n) is 4.99. The summed E-state index contributed by atoms with van der Waals surface area (Å²) in [5.74, 6) is 0.625. The second kappa shape index (κ2) is 6.50. The summed E-state index contributed by atoms with van der Waals surface area (Å²) in [4.78, 5) is 16.0. The molecule has 2 N–H and O–H groups in total. The van der Waals surface area contributed by atoms with Gasteiger partial charge >= 0.3 is 0 Å². The average Bonchev–Trinajstić information content (AvgIpc) is 2.40. The van der Waals surface area contributed by atoms with Gasteiger partial charge in [-0.3, -0.25) is 9.78 Å². The highest BCUT2D eigenvalue weighted by atomic mass is 16.1. The Morgan fingerprint density at radius 3 is 3.22 bits per heavy atom. The fourth-order valence-electron chi connectivity index (χ4n) is 2.38. The fourth-order valence-corrected chi connectivity index (χ4v) is 2.38. The van der Waals surface area contributed by atoms with E-state index < -0.39 is 0 Å². The minimum Gasteiger partial charge on any atom is -0.350 e. The van der Waals surface area contributed by atoms with Crippen LogP contribution in [-0.2, 0) is 4.79 Å². The van der Waals surface area contributed by atoms with E-state index in [1.165, 1.54) is 6.42 Å². The van der Waals surface area contributed by atoms with Crippen molar-refractivity contribution in [1.82, 2.24) is 15.6 Å². The van der Waals surface area contributed by atoms with Gasteiger partial charge in [0.25, 0.3) is 0 Å². The molecule has 4 heteroatoms. The number of rotatable bonds is 4. The highest BCUT2D eigenvalue weighted by Gasteiger charge is 2.18. The third-order valence-corrected chi connectivity index (χ3v) is 3.43. The van der Waals surface area contributed by atoms with Crippen LogP contribution in [-0.4, -0.2) is 24.0 Å². The molecule has 1 fully saturated rings. The van der Waals surface area contributed by atoms with Crippen LogP contribution in [0, 0.1) is 5.92 Å². The topological polar surface area (TPSA) is 54.0 Å². The lowest BCUT2D eigenvalue weighted by atomic mass is 9.95. The zero-order valence-corrected chi connectivity index (χ0v) is 10.9. The Morgan fingerprint density at radius 1 is 1.67 bits per heavy atom. The molecule has 0 spiro atoms. The Kier molecular flexibility index (Phi) is 4.70. The SMILES string of the molecule is C[C@H](NC(=O)CC1CCCNC1)c1cccnc1. The number of nitrogens with one attached hydrogen (secondary N) is 2. The van der Waals surface area contributed by atoms with Crippen LogP contribution in [0.5, 0.6) is 0 Å². The molecule has 98 valence electrons. The van der Waals surface area contributed by atoms with Crippen LogP contribution < -0.4 is 10.6 Å². The number of pyridine rings is 1. The maximum absolute atomic E-state index is 11.9. The van der Waals surface area contributed by atoms with Crippen molar-refractivity contribution in [3.63, 3.8) is 0 Å². The van der Waals surface area contributed by atoms with Gasteiger partial charge in [-0.25, -0.2) is 0 Å². The highest BCUT2D eigenvalue weighted by Crippen LogP contribution is 2.15. The quantitative estimate of drug-likeness (QED) is 0.850. The summed E-state index contributed by atoms with van der Waals surface area (Å²) in [5.41, 5.74) is 1.05. The van der Waals surface area contributed by atoms with Crippen molar-refractivity contribution in [3.8, 4) is 0 Å². The Hall–Kier alpha value is -1.42. The van der Waals surface area contributed by atoms with Crippen LogP contribution in [0.3, 0.4) is 0 Å². The Bertz CT molecular complexity index is 374. The molecule has 1 aliphatic heterocycles. The molecule has 2 rings (SSSR count). The average molecular weight is 247 g/mol. The minimum atomic E-state index is 0.0303. The molecule has 1 amide bonds. The van der Waals surface area contributed by atoms with Crippen molar-refractivity contribution in [2.45, 2.75) is 32.2 Å². The molecular formula is C14H21N3O. The molecule has 2 heterocycles. The molecule has 1 saturated heterocycles. The van der Waals surface area contributed by atoms with Crippen LogP contribution in [0.25, 0.3) is 0 Å². The molecule has 1 aromatic rings. The van der Waals surface area contributed by atoms with Gasteiger partial charge in [0, 0.05) is 18.8 Å². The van der Waals surface area contributed by atoms with E-state index in [2.05, 4.69) is 15.6 Å². The number of carbonyl (C=O) groups excluding carboxylic acids is 1. The van der Waals surface area contributed by atoms with Crippen molar-refractivity contribution in [3.05, 3.63) is 30.1 Å². The molecule has 2 atom stereocenters. The predicted molar refractivity (Wildman–Crippen MR) is 71.0 cm³/mol. The molecule has 1 aromatic heterocycles. The Morgan fingerprint density at radius 2 is 2.56 bits per heavy atom. The van der Waals surface area contributed by atoms with Crippen LogP contribution in [0.1, 0.15) is 37.8 Å². The number of hydrogen-bond donors (Lipinski definition) is 2. The zero-order valence-electron chi connectivity index (χ0n) is 10.9. The lowest BCUT2D eigenvalue weighted by Crippen LogP contribution is -2.35. The van der Waals surface area contributed by atoms with Crippen molar-refractivity contribution >= 4 is 5.91 Å². The van der Waals surface area contributed by atoms with Crippen molar-refractivity contribution in [2.75, 3.05) is 13.1 Å². The van der Waals surface area contributed by atoms with Crippen LogP contribution in [0.4, 0.5) is 0 Å². The van der Waals surface area contributed by atoms with Gasteiger partial charge < -0.3 is 10.6 Å². The van der Waals surface area contributed by atoms with Gasteiger partial charge in [-0.05, 0) is 50.4 Å². The van der Waals surface area contributed by atoms with Crippen LogP contribution >= 0.6 is 0 Å². The zero-order chi connectivity index (χ0) is 12.8. The number of amides is 1. The van der Waals surface area contributed by atoms with Gasteiger partial charge in [0.15, 0.2) is 0 Å². The van der Waals surface area contributed by atoms with E-state index in [1.807, 2.05) is 19.1 Å². The molecule has 0 bridgehead atoms. The predicted octanol–water partition coefficient (Wildman–Crippen LogP) is 1.65. The van der Waals surface area contributed by atoms with Crippen LogP contribution in [0.15, 0.2) is 24.5 Å². The second-order valence-corrected chi connectivity index (χ2v) is 4.99. The van der Waals surface area contributed by atoms with Crippen molar-refractivity contribution in [1.29, 1.82) is 0 Å². The van der Waals surface area contributed by atoms with Gasteiger partial charge in [0.2, 0.25) is 5.91 Å². The summed E-state index contributed by atoms with van der Waals surface area (Å²) in [6, 6.07) is 3.91. The van der Waals surface area contributed by atoms with E-state index >= 15 is 0 Å². The molecule has 0 radical (unpaired) electrons. The molecule has 0 aromatic carbocycles. The third-order valence-electron chi connectivity index (χ3n) is 3.43. The number of aromatic nitrogens is 1. The molecule has 1 unspecified atom stereocenters. The number of piperidine rings is 1. The standard InChI is InChI=1S/C14H21N3O/c1-11(13-5-3-7-16-10-13)17-14(18)8-12-4-2-6-15-9-12/h3,5,7,10-12,15H,2,4,6,8-9H2,1H3,(H,17,18)/t11-,12?/m0/s1. The van der Waals surface area contributed by atoms with Gasteiger partial charge in [-0.2, -0.15) is 0 Å². The van der Waals surface area contributed by atoms with E-state index in [1.54, 1.807) is 12.4 Å². The number of nitrogens with zero attached hydrogens (tertiary/aromatic N) is 1. The van der Waals surface area contributed by atoms with E-state index in [0.29, 0.717) is 12.3 Å². The molecule has 0 aliphatic carbocycles. The van der Waals surface area contributed by atoms with Crippen molar-refractivity contribution < 1.29 is 4.79 Å². The number of carbonyl (C=O) groups is 1. The molecule has 18 heavy (non-hydrogen) atoms. The first-order valence-corrected chi connectivity index (χ1v) is 6.65. The lowest BCUT2D eigenvalue weighted by Gasteiger charge is -2.23. The first-order valence-electron chi connectivity index (χ1n) is 6.65. The third kappa shape index (κ3) is 3.81. The molecule has 4 nitrogen and oxygen atoms in total. The summed E-state index contributed by atoms with van der Waals surface area (Å²) in [7, 11) is 0. The first kappa shape index (κ1) is 13.0. The molecule has 0 saturated carbocycles. The first-order chi connectivity index (χ1) is 8.75. The Balaban J connectivity index is 1.80. The minimum absolute atomic E-state index is 0.0303. The number of hydrogen-bond acceptors (Lipinski definition) is 3. The van der Waals surface area contributed by atoms with Gasteiger partial charge in [0.05, 0.1) is 6.04 Å². The summed E-state index contributed by atoms with van der Waals surface area (Å²) in [5, 5.41) is 6.37. The largest absolute Gasteiger partial charge is 0.350 e. The van der Waals surface area contributed by atoms with E-state index in [4.69, 9.17) is 0 Å². The molecular weight excluding hydrogens is 226 g/mol. The Labute approximate surface area is 108 Å². The smallest absolute Gasteiger partial charge is 0.220 e. The van der Waals surface area contributed by atoms with Crippen molar-refractivity contribution in [2.24, 2.45) is 5.92 Å². The van der Waals surface area contributed by atoms with E-state index in [0.717, 1.165) is 25.1 Å². The normalized spacial score (nSPS) is 21.3. The summed E-state index contributed by atoms with van der Waals surface area (Å²) in [6.07, 6.45) is 6.49. The summed E-state index contributed by atoms with van der Waals surface area (Å²) in [6.45, 7) is 4.05. The maximum atomic E-state index is 11.9. The van der Waals surface area contributed by atoms with Crippen LogP contribution in [0.2, 0.25) is 0 Å². The molecule has 1 aliphatic rings. The fraction of sp³-hybridized carbons (Fsp3) is 0.571. The van der Waals surface area contributed by atoms with Gasteiger partial charge in [-0.15, -0.1) is 0 Å². The van der Waals surface area contributed by atoms with E-state index in [9.17, 15) is 4.79 Å². The van der Waals surface area contributed by atoms with Gasteiger partial charge in [-0.1, -0.05) is 6.07 Å². The lowest BCUT2D eigenvalue weighted by molar-refractivity contribution is -0.122. The van der Waals surface area contributed by atoms with Gasteiger partial charge in [0.1, 0.15) is 0 Å². The monoisotopic (exact) mass is 247 g/mol.